The van der Waals surface area contributed by atoms with E-state index in [9.17, 15) is 15.3 Å². The van der Waals surface area contributed by atoms with Crippen LogP contribution in [0, 0.1) is 0 Å². The molecule has 0 atom stereocenters. The van der Waals surface area contributed by atoms with Crippen molar-refractivity contribution >= 4 is 17.6 Å². The molecule has 3 rings (SSSR count). The summed E-state index contributed by atoms with van der Waals surface area (Å²) < 4.78 is 12.0. The molecule has 3 aromatic rings. The number of rotatable bonds is 6. The molecule has 0 radical (unpaired) electrons. The fourth-order valence-corrected chi connectivity index (χ4v) is 3.00. The zero-order valence-electron chi connectivity index (χ0n) is 13.9. The molecule has 0 aliphatic rings. The van der Waals surface area contributed by atoms with E-state index in [0.717, 1.165) is 0 Å². The molecular weight excluding hydrogens is 358 g/mol. The number of ether oxygens (including phenoxy) is 1. The van der Waals surface area contributed by atoms with Gasteiger partial charge in [0, 0.05) is 18.1 Å². The fourth-order valence-electron chi connectivity index (χ4n) is 2.16. The van der Waals surface area contributed by atoms with E-state index in [2.05, 4.69) is 10.1 Å². The first-order valence-corrected chi connectivity index (χ1v) is 8.52. The summed E-state index contributed by atoms with van der Waals surface area (Å²) in [7, 11) is 1.60. The zero-order valence-corrected chi connectivity index (χ0v) is 14.7. The Morgan fingerprint density at radius 3 is 2.81 bits per heavy atom. The largest absolute Gasteiger partial charge is 0.504 e. The van der Waals surface area contributed by atoms with Gasteiger partial charge < -0.3 is 24.5 Å². The second-order valence-electron chi connectivity index (χ2n) is 5.18. The molecule has 0 aliphatic carbocycles. The Balaban J connectivity index is 2.04. The summed E-state index contributed by atoms with van der Waals surface area (Å²) in [5.41, 5.74) is 0.933. The number of hydrogen-bond acceptors (Lipinski definition) is 8. The summed E-state index contributed by atoms with van der Waals surface area (Å²) in [5.74, 6) is -0.846. The highest BCUT2D eigenvalue weighted by Crippen LogP contribution is 2.36. The fraction of sp³-hybridized carbons (Fsp3) is 0.176. The van der Waals surface area contributed by atoms with E-state index in [1.165, 1.54) is 29.7 Å². The normalized spacial score (nSPS) is 12.3. The van der Waals surface area contributed by atoms with Gasteiger partial charge in [0.05, 0.1) is 25.6 Å². The molecule has 3 N–H and O–H groups in total. The van der Waals surface area contributed by atoms with E-state index in [0.29, 0.717) is 29.4 Å². The van der Waals surface area contributed by atoms with Crippen LogP contribution in [0.3, 0.4) is 0 Å². The SMILES string of the molecule is COCCN=c1scc(-c2ccco2)n1/N=C/c1ccc(O)c(O)c1O. The van der Waals surface area contributed by atoms with Crippen LogP contribution in [0.2, 0.25) is 0 Å². The summed E-state index contributed by atoms with van der Waals surface area (Å²) in [6.45, 7) is 0.944. The maximum atomic E-state index is 9.94. The van der Waals surface area contributed by atoms with Crippen molar-refractivity contribution in [2.45, 2.75) is 0 Å². The molecule has 2 heterocycles. The Hall–Kier alpha value is -3.04. The molecule has 0 unspecified atom stereocenters. The molecule has 0 saturated heterocycles. The van der Waals surface area contributed by atoms with Crippen LogP contribution in [0.25, 0.3) is 11.5 Å². The lowest BCUT2D eigenvalue weighted by Crippen LogP contribution is -2.13. The van der Waals surface area contributed by atoms with Crippen LogP contribution in [0.5, 0.6) is 17.2 Å². The van der Waals surface area contributed by atoms with Gasteiger partial charge in [-0.2, -0.15) is 5.10 Å². The first-order valence-electron chi connectivity index (χ1n) is 7.64. The number of benzene rings is 1. The number of thiazole rings is 1. The molecule has 136 valence electrons. The van der Waals surface area contributed by atoms with Gasteiger partial charge in [-0.25, -0.2) is 4.68 Å². The molecular formula is C17H17N3O5S. The van der Waals surface area contributed by atoms with Crippen LogP contribution in [0.1, 0.15) is 5.56 Å². The summed E-state index contributed by atoms with van der Waals surface area (Å²) in [6, 6.07) is 6.28. The minimum atomic E-state index is -0.597. The van der Waals surface area contributed by atoms with Crippen molar-refractivity contribution in [3.05, 3.63) is 46.3 Å². The van der Waals surface area contributed by atoms with Crippen LogP contribution in [0.4, 0.5) is 0 Å². The van der Waals surface area contributed by atoms with Gasteiger partial charge in [0.1, 0.15) is 5.69 Å². The van der Waals surface area contributed by atoms with Gasteiger partial charge in [0.15, 0.2) is 17.3 Å². The van der Waals surface area contributed by atoms with Gasteiger partial charge in [-0.1, -0.05) is 0 Å². The summed E-state index contributed by atoms with van der Waals surface area (Å²) in [6.07, 6.45) is 2.93. The molecule has 9 heteroatoms. The molecule has 0 spiro atoms. The summed E-state index contributed by atoms with van der Waals surface area (Å²) in [4.78, 5) is 5.06. The molecule has 0 fully saturated rings. The number of methoxy groups -OCH3 is 1. The smallest absolute Gasteiger partial charge is 0.206 e. The predicted octanol–water partition coefficient (Wildman–Crippen LogP) is 2.36. The van der Waals surface area contributed by atoms with E-state index in [1.54, 1.807) is 30.2 Å². The Morgan fingerprint density at radius 2 is 2.08 bits per heavy atom. The quantitative estimate of drug-likeness (QED) is 0.348. The lowest BCUT2D eigenvalue weighted by molar-refractivity contribution is 0.207. The van der Waals surface area contributed by atoms with E-state index in [1.807, 2.05) is 5.38 Å². The average molecular weight is 375 g/mol. The number of phenolic OH excluding ortho intramolecular Hbond substituents is 3. The Bertz CT molecular complexity index is 973. The number of nitrogens with zero attached hydrogens (tertiary/aromatic N) is 3. The number of aromatic hydroxyl groups is 3. The highest BCUT2D eigenvalue weighted by Gasteiger charge is 2.12. The summed E-state index contributed by atoms with van der Waals surface area (Å²) >= 11 is 1.38. The van der Waals surface area contributed by atoms with E-state index >= 15 is 0 Å². The van der Waals surface area contributed by atoms with Crippen LogP contribution in [-0.4, -0.2) is 46.5 Å². The number of furan rings is 1. The monoisotopic (exact) mass is 375 g/mol. The Labute approximate surface area is 152 Å². The predicted molar refractivity (Wildman–Crippen MR) is 96.7 cm³/mol. The molecule has 0 bridgehead atoms. The number of hydrogen-bond donors (Lipinski definition) is 3. The molecule has 1 aromatic carbocycles. The molecule has 0 saturated carbocycles. The third kappa shape index (κ3) is 3.63. The van der Waals surface area contributed by atoms with E-state index in [4.69, 9.17) is 9.15 Å². The molecule has 2 aromatic heterocycles. The Morgan fingerprint density at radius 1 is 1.23 bits per heavy atom. The first kappa shape index (κ1) is 17.8. The van der Waals surface area contributed by atoms with Crippen LogP contribution < -0.4 is 4.80 Å². The molecule has 0 amide bonds. The lowest BCUT2D eigenvalue weighted by atomic mass is 10.2. The van der Waals surface area contributed by atoms with Crippen molar-refractivity contribution in [2.24, 2.45) is 10.1 Å². The first-order chi connectivity index (χ1) is 12.6. The third-order valence-corrected chi connectivity index (χ3v) is 4.33. The van der Waals surface area contributed by atoms with Gasteiger partial charge in [0.2, 0.25) is 10.6 Å². The number of phenols is 3. The zero-order chi connectivity index (χ0) is 18.5. The highest BCUT2D eigenvalue weighted by molar-refractivity contribution is 7.07. The van der Waals surface area contributed by atoms with Crippen LogP contribution in [0.15, 0.2) is 50.4 Å². The van der Waals surface area contributed by atoms with Crippen molar-refractivity contribution in [2.75, 3.05) is 20.3 Å². The topological polar surface area (TPSA) is 113 Å². The minimum Gasteiger partial charge on any atom is -0.504 e. The van der Waals surface area contributed by atoms with Crippen molar-refractivity contribution in [3.63, 3.8) is 0 Å². The van der Waals surface area contributed by atoms with Gasteiger partial charge in [-0.05, 0) is 24.3 Å². The highest BCUT2D eigenvalue weighted by atomic mass is 32.1. The standard InChI is InChI=1S/C17H17N3O5S/c1-24-8-6-18-17-20(12(10-26-17)14-3-2-7-25-14)19-9-11-4-5-13(21)16(23)15(11)22/h2-5,7,9-10,21-23H,6,8H2,1H3/b18-17?,19-9+. The van der Waals surface area contributed by atoms with Crippen LogP contribution >= 0.6 is 11.3 Å². The minimum absolute atomic E-state index is 0.243. The van der Waals surface area contributed by atoms with Gasteiger partial charge in [-0.15, -0.1) is 11.3 Å². The van der Waals surface area contributed by atoms with E-state index in [-0.39, 0.29) is 5.56 Å². The van der Waals surface area contributed by atoms with Gasteiger partial charge in [-0.3, -0.25) is 4.99 Å². The second kappa shape index (κ2) is 7.89. The maximum absolute atomic E-state index is 9.94. The average Bonchev–Trinajstić information content (AvgIpc) is 3.29. The van der Waals surface area contributed by atoms with Crippen molar-refractivity contribution < 1.29 is 24.5 Å². The molecule has 26 heavy (non-hydrogen) atoms. The van der Waals surface area contributed by atoms with Crippen molar-refractivity contribution in [1.29, 1.82) is 0 Å². The molecule has 8 nitrogen and oxygen atoms in total. The maximum Gasteiger partial charge on any atom is 0.206 e. The Kier molecular flexibility index (Phi) is 5.40. The number of aromatic nitrogens is 1. The van der Waals surface area contributed by atoms with Gasteiger partial charge >= 0.3 is 0 Å². The van der Waals surface area contributed by atoms with Crippen LogP contribution in [-0.2, 0) is 4.74 Å². The second-order valence-corrected chi connectivity index (χ2v) is 6.02. The lowest BCUT2D eigenvalue weighted by Gasteiger charge is -2.04. The van der Waals surface area contributed by atoms with E-state index < -0.39 is 17.2 Å². The molecule has 0 aliphatic heterocycles. The van der Waals surface area contributed by atoms with Gasteiger partial charge in [0.25, 0.3) is 0 Å². The summed E-state index contributed by atoms with van der Waals surface area (Å²) in [5, 5.41) is 35.2. The van der Waals surface area contributed by atoms with Crippen molar-refractivity contribution in [3.8, 4) is 28.7 Å². The third-order valence-electron chi connectivity index (χ3n) is 3.47. The van der Waals surface area contributed by atoms with Crippen molar-refractivity contribution in [1.82, 2.24) is 4.68 Å².